The number of methoxy groups -OCH3 is 1. The smallest absolute Gasteiger partial charge is 0.205 e. The molecule has 0 spiro atoms. The SMILES string of the molecule is COc1ccc(C(=O)c2cc(Br)c(C)cc2C)cc1.Cc1ccc(I)cc1C(=O)c1ccc(-c2ccc(F)cc2)s1.O=C(c1cc2ccccc2s1)c1cc(Br)ccc1F. The van der Waals surface area contributed by atoms with Gasteiger partial charge in [0, 0.05) is 38.8 Å². The summed E-state index contributed by atoms with van der Waals surface area (Å²) in [6.07, 6.45) is 0. The van der Waals surface area contributed by atoms with Crippen molar-refractivity contribution in [2.45, 2.75) is 20.8 Å². The molecule has 0 radical (unpaired) electrons. The Morgan fingerprint density at radius 1 is 0.600 bits per heavy atom. The van der Waals surface area contributed by atoms with E-state index in [0.717, 1.165) is 62.1 Å². The summed E-state index contributed by atoms with van der Waals surface area (Å²) >= 11 is 11.8. The molecule has 0 aliphatic rings. The number of ketones is 3. The summed E-state index contributed by atoms with van der Waals surface area (Å²) in [6, 6.07) is 40.9. The number of hydrogen-bond acceptors (Lipinski definition) is 6. The average molecular weight is 1080 g/mol. The zero-order valence-corrected chi connectivity index (χ0v) is 39.6. The molecule has 4 nitrogen and oxygen atoms in total. The molecule has 0 amide bonds. The second kappa shape index (κ2) is 20.3. The molecule has 8 rings (SSSR count). The first-order chi connectivity index (χ1) is 28.7. The second-order valence-electron chi connectivity index (χ2n) is 13.5. The van der Waals surface area contributed by atoms with Gasteiger partial charge < -0.3 is 4.74 Å². The first-order valence-corrected chi connectivity index (χ1v) is 22.6. The molecule has 0 bridgehead atoms. The molecule has 0 atom stereocenters. The molecular weight excluding hydrogens is 1040 g/mol. The molecule has 0 unspecified atom stereocenters. The van der Waals surface area contributed by atoms with E-state index in [1.165, 1.54) is 46.9 Å². The highest BCUT2D eigenvalue weighted by molar-refractivity contribution is 14.1. The lowest BCUT2D eigenvalue weighted by Gasteiger charge is -2.08. The van der Waals surface area contributed by atoms with Gasteiger partial charge in [0.1, 0.15) is 17.4 Å². The number of aryl methyl sites for hydroxylation is 3. The molecule has 0 aliphatic heterocycles. The third kappa shape index (κ3) is 11.0. The normalized spacial score (nSPS) is 10.6. The van der Waals surface area contributed by atoms with E-state index in [9.17, 15) is 23.2 Å². The molecule has 302 valence electrons. The maximum atomic E-state index is 13.7. The third-order valence-corrected chi connectivity index (χ3v) is 13.6. The number of benzene rings is 6. The molecule has 6 aromatic carbocycles. The van der Waals surface area contributed by atoms with Crippen LogP contribution in [0.4, 0.5) is 8.78 Å². The third-order valence-electron chi connectivity index (χ3n) is 9.33. The Hall–Kier alpha value is -4.66. The predicted octanol–water partition coefficient (Wildman–Crippen LogP) is 15.0. The van der Waals surface area contributed by atoms with E-state index in [1.54, 1.807) is 49.6 Å². The summed E-state index contributed by atoms with van der Waals surface area (Å²) in [4.78, 5) is 39.7. The second-order valence-corrected chi connectivity index (χ2v) is 18.7. The van der Waals surface area contributed by atoms with E-state index >= 15 is 0 Å². The molecule has 2 heterocycles. The van der Waals surface area contributed by atoms with Crippen molar-refractivity contribution in [3.05, 3.63) is 212 Å². The van der Waals surface area contributed by atoms with Crippen LogP contribution in [0.5, 0.6) is 5.75 Å². The van der Waals surface area contributed by atoms with Gasteiger partial charge in [-0.15, -0.1) is 22.7 Å². The fourth-order valence-electron chi connectivity index (χ4n) is 6.07. The van der Waals surface area contributed by atoms with E-state index in [4.69, 9.17) is 4.74 Å². The summed E-state index contributed by atoms with van der Waals surface area (Å²) in [7, 11) is 1.61. The molecule has 0 saturated heterocycles. The zero-order valence-electron chi connectivity index (χ0n) is 32.6. The molecule has 60 heavy (non-hydrogen) atoms. The molecule has 0 fully saturated rings. The van der Waals surface area contributed by atoms with Gasteiger partial charge in [-0.3, -0.25) is 14.4 Å². The maximum Gasteiger partial charge on any atom is 0.205 e. The molecule has 8 aromatic rings. The summed E-state index contributed by atoms with van der Waals surface area (Å²) in [5.41, 5.74) is 6.24. The summed E-state index contributed by atoms with van der Waals surface area (Å²) in [5, 5.41) is 1.01. The van der Waals surface area contributed by atoms with Crippen molar-refractivity contribution in [2.24, 2.45) is 0 Å². The Labute approximate surface area is 385 Å². The molecule has 11 heteroatoms. The van der Waals surface area contributed by atoms with Crippen LogP contribution in [-0.2, 0) is 0 Å². The molecule has 2 aromatic heterocycles. The van der Waals surface area contributed by atoms with Crippen molar-refractivity contribution in [1.29, 1.82) is 0 Å². The van der Waals surface area contributed by atoms with Gasteiger partial charge >= 0.3 is 0 Å². The lowest BCUT2D eigenvalue weighted by Crippen LogP contribution is -2.04. The van der Waals surface area contributed by atoms with Crippen LogP contribution in [0.25, 0.3) is 20.5 Å². The highest BCUT2D eigenvalue weighted by Crippen LogP contribution is 2.31. The van der Waals surface area contributed by atoms with Gasteiger partial charge in [0.05, 0.1) is 22.4 Å². The minimum atomic E-state index is -0.495. The number of carbonyl (C=O) groups excluding carboxylic acids is 3. The van der Waals surface area contributed by atoms with Crippen LogP contribution in [0.1, 0.15) is 63.1 Å². The zero-order chi connectivity index (χ0) is 43.1. The Kier molecular flexibility index (Phi) is 15.2. The summed E-state index contributed by atoms with van der Waals surface area (Å²) in [6.45, 7) is 5.91. The average Bonchev–Trinajstić information content (AvgIpc) is 3.93. The van der Waals surface area contributed by atoms with E-state index in [2.05, 4.69) is 54.5 Å². The van der Waals surface area contributed by atoms with Crippen molar-refractivity contribution in [1.82, 2.24) is 0 Å². The largest absolute Gasteiger partial charge is 0.497 e. The highest BCUT2D eigenvalue weighted by Gasteiger charge is 2.18. The van der Waals surface area contributed by atoms with E-state index < -0.39 is 5.82 Å². The minimum absolute atomic E-state index is 0.0286. The number of halogens is 5. The number of thiophene rings is 2. The van der Waals surface area contributed by atoms with Crippen molar-refractivity contribution < 1.29 is 27.9 Å². The summed E-state index contributed by atoms with van der Waals surface area (Å²) in [5.74, 6) is -0.217. The van der Waals surface area contributed by atoms with E-state index in [-0.39, 0.29) is 28.7 Å². The fraction of sp³-hybridized carbons (Fsp3) is 0.0816. The first kappa shape index (κ1) is 44.9. The van der Waals surface area contributed by atoms with Gasteiger partial charge in [-0.1, -0.05) is 74.3 Å². The van der Waals surface area contributed by atoms with Crippen LogP contribution in [0, 0.1) is 36.0 Å². The van der Waals surface area contributed by atoms with Gasteiger partial charge in [-0.2, -0.15) is 0 Å². The topological polar surface area (TPSA) is 60.4 Å². The quantitative estimate of drug-likeness (QED) is 0.112. The van der Waals surface area contributed by atoms with Gasteiger partial charge in [-0.25, -0.2) is 8.78 Å². The monoisotopic (exact) mass is 1070 g/mol. The van der Waals surface area contributed by atoms with Gasteiger partial charge in [0.15, 0.2) is 5.78 Å². The van der Waals surface area contributed by atoms with Crippen molar-refractivity contribution in [3.63, 3.8) is 0 Å². The van der Waals surface area contributed by atoms with E-state index in [0.29, 0.717) is 19.8 Å². The first-order valence-electron chi connectivity index (χ1n) is 18.3. The van der Waals surface area contributed by atoms with Gasteiger partial charge in [0.2, 0.25) is 11.6 Å². The van der Waals surface area contributed by atoms with Gasteiger partial charge in [0.25, 0.3) is 0 Å². The molecule has 0 saturated carbocycles. The highest BCUT2D eigenvalue weighted by atomic mass is 127. The van der Waals surface area contributed by atoms with Crippen LogP contribution < -0.4 is 4.74 Å². The standard InChI is InChI=1S/C18H12FIOS.C16H15BrO2.C15H8BrFOS/c1-11-2-7-14(20)10-15(11)18(21)17-9-8-16(22-17)12-3-5-13(19)6-4-12;1-10-8-11(2)15(17)9-14(10)16(18)12-4-6-13(19-3)7-5-12;16-10-5-6-12(17)11(8-10)15(18)14-7-9-3-1-2-4-13(9)19-14/h2-10H,1H3;4-9H,1-3H3;1-8H. The number of fused-ring (bicyclic) bond motifs is 1. The minimum Gasteiger partial charge on any atom is -0.497 e. The molecular formula is C49H35Br2F2IO4S2. The Bertz CT molecular complexity index is 2820. The van der Waals surface area contributed by atoms with Crippen molar-refractivity contribution in [3.8, 4) is 16.2 Å². The lowest BCUT2D eigenvalue weighted by atomic mass is 9.97. The van der Waals surface area contributed by atoms with Crippen molar-refractivity contribution in [2.75, 3.05) is 7.11 Å². The van der Waals surface area contributed by atoms with Crippen LogP contribution in [0.2, 0.25) is 0 Å². The van der Waals surface area contributed by atoms with Crippen LogP contribution in [-0.4, -0.2) is 24.5 Å². The Balaban J connectivity index is 0.000000152. The number of hydrogen-bond donors (Lipinski definition) is 0. The van der Waals surface area contributed by atoms with E-state index in [1.807, 2.05) is 93.6 Å². The summed E-state index contributed by atoms with van der Waals surface area (Å²) < 4.78 is 35.5. The fourth-order valence-corrected chi connectivity index (χ4v) is 9.25. The molecule has 0 N–H and O–H groups in total. The predicted molar refractivity (Wildman–Crippen MR) is 256 cm³/mol. The Morgan fingerprint density at radius 2 is 1.28 bits per heavy atom. The number of rotatable bonds is 8. The van der Waals surface area contributed by atoms with Crippen LogP contribution in [0.15, 0.2) is 148 Å². The number of ether oxygens (including phenoxy) is 1. The van der Waals surface area contributed by atoms with Crippen LogP contribution in [0.3, 0.4) is 0 Å². The lowest BCUT2D eigenvalue weighted by molar-refractivity contribution is 0.103. The number of carbonyl (C=O) groups is 3. The maximum absolute atomic E-state index is 13.7. The van der Waals surface area contributed by atoms with Gasteiger partial charge in [-0.05, 0) is 168 Å². The Morgan fingerprint density at radius 3 is 1.98 bits per heavy atom. The molecule has 0 aliphatic carbocycles. The van der Waals surface area contributed by atoms with Crippen molar-refractivity contribution >= 4 is 105 Å². The van der Waals surface area contributed by atoms with Crippen LogP contribution >= 0.6 is 77.1 Å².